The molecular weight excluding hydrogens is 456 g/mol. The van der Waals surface area contributed by atoms with E-state index >= 15 is 0 Å². The van der Waals surface area contributed by atoms with E-state index in [1.165, 1.54) is 0 Å². The minimum absolute atomic E-state index is 0.0908. The lowest BCUT2D eigenvalue weighted by molar-refractivity contribution is 0.0831. The van der Waals surface area contributed by atoms with E-state index in [2.05, 4.69) is 20.4 Å². The highest BCUT2D eigenvalue weighted by Crippen LogP contribution is 2.28. The van der Waals surface area contributed by atoms with Crippen molar-refractivity contribution >= 4 is 16.8 Å². The predicted octanol–water partition coefficient (Wildman–Crippen LogP) is 4.13. The molecule has 36 heavy (non-hydrogen) atoms. The van der Waals surface area contributed by atoms with Gasteiger partial charge < -0.3 is 24.6 Å². The van der Waals surface area contributed by atoms with Gasteiger partial charge in [-0.2, -0.15) is 0 Å². The van der Waals surface area contributed by atoms with Crippen molar-refractivity contribution in [1.82, 2.24) is 20.4 Å². The molecule has 1 atom stereocenters. The van der Waals surface area contributed by atoms with Gasteiger partial charge in [0.25, 0.3) is 5.91 Å². The van der Waals surface area contributed by atoms with Crippen LogP contribution < -0.4 is 10.1 Å². The Morgan fingerprint density at radius 3 is 2.78 bits per heavy atom. The van der Waals surface area contributed by atoms with E-state index in [4.69, 9.17) is 9.26 Å². The van der Waals surface area contributed by atoms with Crippen molar-refractivity contribution in [2.75, 3.05) is 26.7 Å². The lowest BCUT2D eigenvalue weighted by atomic mass is 10.0. The molecule has 0 bridgehead atoms. The third-order valence-corrected chi connectivity index (χ3v) is 6.73. The lowest BCUT2D eigenvalue weighted by Crippen LogP contribution is -2.45. The number of aliphatic hydroxyl groups is 1. The Hall–Kier alpha value is -3.75. The molecule has 0 radical (unpaired) electrons. The largest absolute Gasteiger partial charge is 0.497 e. The van der Waals surface area contributed by atoms with Gasteiger partial charge in [0, 0.05) is 54.5 Å². The quantitative estimate of drug-likeness (QED) is 0.405. The number of benzene rings is 2. The number of likely N-dealkylation sites (tertiary alicyclic amines) is 1. The number of nitrogens with one attached hydrogen (secondary N) is 1. The molecule has 8 nitrogen and oxygen atoms in total. The lowest BCUT2D eigenvalue weighted by Gasteiger charge is -2.33. The van der Waals surface area contributed by atoms with Crippen LogP contribution in [0.25, 0.3) is 22.2 Å². The van der Waals surface area contributed by atoms with E-state index < -0.39 is 6.10 Å². The number of hydrogen-bond acceptors (Lipinski definition) is 7. The Balaban J connectivity index is 1.17. The number of carbonyl (C=O) groups is 1. The summed E-state index contributed by atoms with van der Waals surface area (Å²) in [4.78, 5) is 19.5. The van der Waals surface area contributed by atoms with Crippen LogP contribution in [0.5, 0.6) is 5.75 Å². The molecule has 1 amide bonds. The molecule has 0 spiro atoms. The molecule has 0 aliphatic carbocycles. The number of aryl methyl sites for hydroxylation is 1. The Morgan fingerprint density at radius 1 is 1.19 bits per heavy atom. The summed E-state index contributed by atoms with van der Waals surface area (Å²) in [5, 5.41) is 19.0. The average molecular weight is 487 g/mol. The Bertz CT molecular complexity index is 1360. The van der Waals surface area contributed by atoms with Gasteiger partial charge in [0.1, 0.15) is 5.75 Å². The smallest absolute Gasteiger partial charge is 0.251 e. The fraction of sp³-hybridized carbons (Fsp3) is 0.321. The molecule has 0 unspecified atom stereocenters. The maximum atomic E-state index is 12.9. The van der Waals surface area contributed by atoms with Crippen molar-refractivity contribution in [3.8, 4) is 17.1 Å². The Morgan fingerprint density at radius 2 is 2.03 bits per heavy atom. The third-order valence-electron chi connectivity index (χ3n) is 6.73. The zero-order valence-electron chi connectivity index (χ0n) is 20.5. The molecule has 3 heterocycles. The first-order valence-corrected chi connectivity index (χ1v) is 12.2. The zero-order chi connectivity index (χ0) is 25.1. The molecule has 2 aromatic heterocycles. The van der Waals surface area contributed by atoms with E-state index in [1.807, 2.05) is 61.5 Å². The van der Waals surface area contributed by atoms with Crippen molar-refractivity contribution in [1.29, 1.82) is 0 Å². The number of ether oxygens (including phenoxy) is 1. The first-order chi connectivity index (χ1) is 17.5. The molecule has 1 aliphatic heterocycles. The van der Waals surface area contributed by atoms with Crippen LogP contribution >= 0.6 is 0 Å². The summed E-state index contributed by atoms with van der Waals surface area (Å²) in [7, 11) is 1.63. The highest BCUT2D eigenvalue weighted by molar-refractivity contribution is 5.95. The number of pyridine rings is 1. The van der Waals surface area contributed by atoms with Crippen LogP contribution in [0.1, 0.15) is 40.6 Å². The van der Waals surface area contributed by atoms with Gasteiger partial charge in [0.05, 0.1) is 24.4 Å². The van der Waals surface area contributed by atoms with Crippen molar-refractivity contribution in [3.63, 3.8) is 0 Å². The van der Waals surface area contributed by atoms with Gasteiger partial charge in [-0.15, -0.1) is 0 Å². The van der Waals surface area contributed by atoms with E-state index in [1.54, 1.807) is 13.3 Å². The van der Waals surface area contributed by atoms with Crippen molar-refractivity contribution in [2.45, 2.75) is 31.9 Å². The summed E-state index contributed by atoms with van der Waals surface area (Å²) in [5.74, 6) is 1.29. The molecule has 8 heteroatoms. The number of fused-ring (bicyclic) bond motifs is 1. The Labute approximate surface area is 209 Å². The summed E-state index contributed by atoms with van der Waals surface area (Å²) in [6.45, 7) is 3.98. The summed E-state index contributed by atoms with van der Waals surface area (Å²) < 4.78 is 10.7. The number of methoxy groups -OCH3 is 1. The van der Waals surface area contributed by atoms with Crippen LogP contribution in [-0.4, -0.2) is 58.8 Å². The van der Waals surface area contributed by atoms with Gasteiger partial charge in [-0.25, -0.2) is 0 Å². The van der Waals surface area contributed by atoms with Crippen LogP contribution in [-0.2, 0) is 0 Å². The topological polar surface area (TPSA) is 101 Å². The molecule has 2 aromatic carbocycles. The molecule has 1 saturated heterocycles. The van der Waals surface area contributed by atoms with Crippen molar-refractivity contribution in [2.24, 2.45) is 0 Å². The van der Waals surface area contributed by atoms with Crippen molar-refractivity contribution in [3.05, 3.63) is 77.6 Å². The third kappa shape index (κ3) is 5.24. The molecule has 1 aliphatic rings. The number of carbonyl (C=O) groups excluding carboxylic acids is 1. The fourth-order valence-corrected chi connectivity index (χ4v) is 4.75. The van der Waals surface area contributed by atoms with Gasteiger partial charge in [0.2, 0.25) is 0 Å². The number of nitrogens with zero attached hydrogens (tertiary/aromatic N) is 3. The maximum absolute atomic E-state index is 12.9. The molecule has 4 aromatic rings. The Kier molecular flexibility index (Phi) is 6.97. The van der Waals surface area contributed by atoms with Crippen LogP contribution in [0.2, 0.25) is 0 Å². The zero-order valence-corrected chi connectivity index (χ0v) is 20.5. The first kappa shape index (κ1) is 24.0. The molecule has 5 rings (SSSR count). The van der Waals surface area contributed by atoms with Gasteiger partial charge in [-0.3, -0.25) is 9.78 Å². The maximum Gasteiger partial charge on any atom is 0.251 e. The summed E-state index contributed by atoms with van der Waals surface area (Å²) in [6, 6.07) is 16.9. The van der Waals surface area contributed by atoms with Crippen molar-refractivity contribution < 1.29 is 19.2 Å². The molecule has 186 valence electrons. The van der Waals surface area contributed by atoms with Gasteiger partial charge in [-0.1, -0.05) is 17.3 Å². The fourth-order valence-electron chi connectivity index (χ4n) is 4.75. The number of aliphatic hydroxyl groups excluding tert-OH is 1. The monoisotopic (exact) mass is 486 g/mol. The summed E-state index contributed by atoms with van der Waals surface area (Å²) >= 11 is 0. The molecular formula is C28H30N4O4. The minimum Gasteiger partial charge on any atom is -0.497 e. The van der Waals surface area contributed by atoms with E-state index in [-0.39, 0.29) is 11.9 Å². The number of rotatable bonds is 7. The highest BCUT2D eigenvalue weighted by atomic mass is 16.5. The predicted molar refractivity (Wildman–Crippen MR) is 137 cm³/mol. The van der Waals surface area contributed by atoms with Crippen LogP contribution in [0, 0.1) is 6.92 Å². The van der Waals surface area contributed by atoms with Crippen LogP contribution in [0.15, 0.2) is 65.3 Å². The second kappa shape index (κ2) is 10.5. The normalized spacial score (nSPS) is 15.6. The number of β-amino-alcohol motifs (C(OH)–C–C–N with tert-alkyl or cyclic N) is 1. The number of hydrogen-bond donors (Lipinski definition) is 2. The van der Waals surface area contributed by atoms with E-state index in [0.717, 1.165) is 59.4 Å². The van der Waals surface area contributed by atoms with Gasteiger partial charge >= 0.3 is 0 Å². The molecule has 0 saturated carbocycles. The van der Waals surface area contributed by atoms with Gasteiger partial charge in [-0.05, 0) is 61.7 Å². The molecule has 2 N–H and O–H groups in total. The van der Waals surface area contributed by atoms with Gasteiger partial charge in [0.15, 0.2) is 5.76 Å². The van der Waals surface area contributed by atoms with Crippen LogP contribution in [0.4, 0.5) is 0 Å². The second-order valence-corrected chi connectivity index (χ2v) is 9.26. The highest BCUT2D eigenvalue weighted by Gasteiger charge is 2.24. The molecule has 1 fully saturated rings. The average Bonchev–Trinajstić information content (AvgIpc) is 3.35. The summed E-state index contributed by atoms with van der Waals surface area (Å²) in [6.07, 6.45) is 2.74. The van der Waals surface area contributed by atoms with E-state index in [0.29, 0.717) is 17.9 Å². The SMILES string of the molecule is COc1ccc2nccc([C@@H](O)CN3CCC(NC(=O)c4cccc(-c5cc(C)no5)c4)CC3)c2c1. The second-order valence-electron chi connectivity index (χ2n) is 9.26. The number of amides is 1. The standard InChI is InChI=1S/C28H30N4O4/c1-18-14-27(36-31-18)19-4-3-5-20(15-19)28(34)30-21-9-12-32(13-10-21)17-26(33)23-8-11-29-25-7-6-22(35-2)16-24(23)25/h3-8,11,14-16,21,26,33H,9-10,12-13,17H2,1-2H3,(H,30,34)/t26-/m0/s1. The number of aromatic nitrogens is 2. The van der Waals surface area contributed by atoms with E-state index in [9.17, 15) is 9.90 Å². The first-order valence-electron chi connectivity index (χ1n) is 12.2. The number of piperidine rings is 1. The summed E-state index contributed by atoms with van der Waals surface area (Å²) in [5.41, 5.74) is 3.90. The minimum atomic E-state index is -0.642. The van der Waals surface area contributed by atoms with Crippen LogP contribution in [0.3, 0.4) is 0 Å².